The summed E-state index contributed by atoms with van der Waals surface area (Å²) in [4.78, 5) is 13.8. The van der Waals surface area contributed by atoms with Crippen LogP contribution in [0, 0.1) is 5.92 Å². The number of nitrogens with zero attached hydrogens (tertiary/aromatic N) is 1. The lowest BCUT2D eigenvalue weighted by Gasteiger charge is -2.34. The average molecular weight is 387 g/mol. The maximum Gasteiger partial charge on any atom is 0.546 e. The van der Waals surface area contributed by atoms with Gasteiger partial charge < -0.3 is 30.7 Å². The Morgan fingerprint density at radius 2 is 2.14 bits per heavy atom. The maximum atomic E-state index is 11.3. The van der Waals surface area contributed by atoms with E-state index in [1.165, 1.54) is 6.07 Å². The molecule has 0 amide bonds. The molecule has 0 saturated carbocycles. The number of rotatable bonds is 8. The Morgan fingerprint density at radius 3 is 2.82 bits per heavy atom. The van der Waals surface area contributed by atoms with Gasteiger partial charge in [-0.3, -0.25) is 0 Å². The summed E-state index contributed by atoms with van der Waals surface area (Å²) in [5.74, 6) is -0.552. The fourth-order valence-electron chi connectivity index (χ4n) is 4.11. The molecule has 1 saturated heterocycles. The van der Waals surface area contributed by atoms with Gasteiger partial charge in [0.1, 0.15) is 5.75 Å². The Labute approximate surface area is 166 Å². The molecule has 1 aromatic rings. The van der Waals surface area contributed by atoms with Gasteiger partial charge >= 0.3 is 13.1 Å². The quantitative estimate of drug-likeness (QED) is 0.498. The lowest BCUT2D eigenvalue weighted by Crippen LogP contribution is -2.51. The van der Waals surface area contributed by atoms with Crippen molar-refractivity contribution >= 4 is 13.1 Å². The van der Waals surface area contributed by atoms with Crippen molar-refractivity contribution in [3.8, 4) is 5.75 Å². The van der Waals surface area contributed by atoms with Crippen molar-refractivity contribution in [2.45, 2.75) is 38.0 Å². The molecular formula is C20H30BN3O4. The topological polar surface area (TPSA) is 108 Å². The molecule has 0 aromatic heterocycles. The van der Waals surface area contributed by atoms with Crippen LogP contribution in [0.15, 0.2) is 30.5 Å². The number of likely N-dealkylation sites (tertiary alicyclic amines) is 1. The van der Waals surface area contributed by atoms with Crippen LogP contribution < -0.4 is 15.7 Å². The number of aromatic carboxylic acids is 1. The van der Waals surface area contributed by atoms with Crippen LogP contribution in [0.2, 0.25) is 0 Å². The number of carbonyl (C=O) groups is 1. The largest absolute Gasteiger partial charge is 0.546 e. The Bertz CT molecular complexity index is 707. The van der Waals surface area contributed by atoms with Crippen molar-refractivity contribution in [3.63, 3.8) is 0 Å². The van der Waals surface area contributed by atoms with Gasteiger partial charge in [-0.05, 0) is 75.8 Å². The molecule has 8 heteroatoms. The Balaban J connectivity index is 1.51. The smallest absolute Gasteiger partial charge is 0.534 e. The number of fused-ring (bicyclic) bond motifs is 1. The number of para-hydroxylation sites is 1. The molecule has 2 aliphatic rings. The van der Waals surface area contributed by atoms with Gasteiger partial charge in [0.25, 0.3) is 0 Å². The number of benzene rings is 1. The van der Waals surface area contributed by atoms with E-state index >= 15 is 0 Å². The molecule has 2 heterocycles. The zero-order chi connectivity index (χ0) is 20.1. The first-order chi connectivity index (χ1) is 13.5. The highest BCUT2D eigenvalue weighted by molar-refractivity contribution is 6.46. The molecule has 0 bridgehead atoms. The second kappa shape index (κ2) is 9.45. The maximum absolute atomic E-state index is 11.3. The van der Waals surface area contributed by atoms with Gasteiger partial charge in [0.15, 0.2) is 0 Å². The zero-order valence-electron chi connectivity index (χ0n) is 16.3. The van der Waals surface area contributed by atoms with Crippen molar-refractivity contribution in [1.29, 1.82) is 0 Å². The number of carboxylic acid groups (broad SMARTS) is 1. The monoisotopic (exact) mass is 387 g/mol. The van der Waals surface area contributed by atoms with Crippen LogP contribution in [0.5, 0.6) is 5.75 Å². The van der Waals surface area contributed by atoms with Crippen molar-refractivity contribution < 1.29 is 19.6 Å². The molecule has 1 aromatic carbocycles. The number of hydrogen-bond donors (Lipinski definition) is 4. The van der Waals surface area contributed by atoms with Crippen LogP contribution in [0.4, 0.5) is 0 Å². The molecule has 0 spiro atoms. The fraction of sp³-hybridized carbons (Fsp3) is 0.550. The second-order valence-electron chi connectivity index (χ2n) is 7.80. The van der Waals surface area contributed by atoms with Crippen molar-refractivity contribution in [2.75, 3.05) is 26.2 Å². The Kier molecular flexibility index (Phi) is 6.99. The highest BCUT2D eigenvalue weighted by Crippen LogP contribution is 2.31. The number of nitrogens with one attached hydrogen (secondary N) is 1. The molecule has 7 nitrogen and oxygen atoms in total. The second-order valence-corrected chi connectivity index (χ2v) is 7.80. The van der Waals surface area contributed by atoms with Crippen LogP contribution in [-0.2, 0) is 6.42 Å². The number of nitrogens with two attached hydrogens (primary N) is 1. The van der Waals surface area contributed by atoms with Crippen molar-refractivity contribution in [3.05, 3.63) is 41.6 Å². The van der Waals surface area contributed by atoms with Crippen LogP contribution in [0.25, 0.3) is 0 Å². The SMILES string of the molecule is C=C(CC1CCN(CCCN)CC1)NC1Cc2cccc(C(=O)O)c2OB1O. The predicted molar refractivity (Wildman–Crippen MR) is 109 cm³/mol. The van der Waals surface area contributed by atoms with E-state index in [0.717, 1.165) is 63.1 Å². The van der Waals surface area contributed by atoms with Crippen molar-refractivity contribution in [1.82, 2.24) is 10.2 Å². The summed E-state index contributed by atoms with van der Waals surface area (Å²) in [6.45, 7) is 8.15. The van der Waals surface area contributed by atoms with E-state index in [-0.39, 0.29) is 17.3 Å². The molecule has 0 radical (unpaired) electrons. The van der Waals surface area contributed by atoms with Gasteiger partial charge in [0.2, 0.25) is 0 Å². The highest BCUT2D eigenvalue weighted by Gasteiger charge is 2.37. The summed E-state index contributed by atoms with van der Waals surface area (Å²) in [5.41, 5.74) is 7.34. The van der Waals surface area contributed by atoms with E-state index in [1.807, 2.05) is 6.07 Å². The molecular weight excluding hydrogens is 357 g/mol. The minimum atomic E-state index is -1.11. The van der Waals surface area contributed by atoms with Gasteiger partial charge in [-0.2, -0.15) is 0 Å². The third kappa shape index (κ3) is 5.07. The van der Waals surface area contributed by atoms with E-state index in [9.17, 15) is 14.9 Å². The standard InChI is InChI=1S/C20H30BN3O4/c1-14(12-15-6-10-24(11-7-15)9-3-8-22)23-18-13-16-4-2-5-17(20(25)26)19(16)28-21(18)27/h2,4-5,15,18,23,27H,1,3,6-13,22H2,(H,25,26). The van der Waals surface area contributed by atoms with E-state index < -0.39 is 13.1 Å². The lowest BCUT2D eigenvalue weighted by atomic mass is 9.72. The third-order valence-electron chi connectivity index (χ3n) is 5.66. The van der Waals surface area contributed by atoms with Crippen LogP contribution in [-0.4, -0.2) is 60.2 Å². The lowest BCUT2D eigenvalue weighted by molar-refractivity contribution is 0.0694. The van der Waals surface area contributed by atoms with Gasteiger partial charge in [0, 0.05) is 5.70 Å². The van der Waals surface area contributed by atoms with Gasteiger partial charge in [0.05, 0.1) is 11.5 Å². The number of allylic oxidation sites excluding steroid dienone is 1. The number of piperidine rings is 1. The minimum absolute atomic E-state index is 0.0789. The number of carboxylic acids is 1. The summed E-state index contributed by atoms with van der Waals surface area (Å²) in [7, 11) is -1.11. The molecule has 5 N–H and O–H groups in total. The summed E-state index contributed by atoms with van der Waals surface area (Å²) in [5, 5.41) is 22.9. The minimum Gasteiger partial charge on any atom is -0.534 e. The fourth-order valence-corrected chi connectivity index (χ4v) is 4.11. The Morgan fingerprint density at radius 1 is 1.39 bits per heavy atom. The van der Waals surface area contributed by atoms with Gasteiger partial charge in [-0.1, -0.05) is 18.7 Å². The first kappa shape index (κ1) is 20.7. The molecule has 1 atom stereocenters. The average Bonchev–Trinajstić information content (AvgIpc) is 2.67. The molecule has 0 aliphatic carbocycles. The molecule has 1 unspecified atom stereocenters. The van der Waals surface area contributed by atoms with Gasteiger partial charge in [-0.15, -0.1) is 0 Å². The summed E-state index contributed by atoms with van der Waals surface area (Å²) in [6, 6.07) is 5.02. The molecule has 3 rings (SSSR count). The first-order valence-electron chi connectivity index (χ1n) is 10.0. The van der Waals surface area contributed by atoms with E-state index in [2.05, 4.69) is 16.8 Å². The van der Waals surface area contributed by atoms with E-state index in [4.69, 9.17) is 10.4 Å². The third-order valence-corrected chi connectivity index (χ3v) is 5.66. The molecule has 152 valence electrons. The van der Waals surface area contributed by atoms with Crippen LogP contribution in [0.1, 0.15) is 41.6 Å². The molecule has 28 heavy (non-hydrogen) atoms. The van der Waals surface area contributed by atoms with E-state index in [0.29, 0.717) is 12.3 Å². The normalized spacial score (nSPS) is 20.4. The van der Waals surface area contributed by atoms with E-state index in [1.54, 1.807) is 6.07 Å². The summed E-state index contributed by atoms with van der Waals surface area (Å²) in [6.07, 6.45) is 4.69. The molecule has 1 fully saturated rings. The zero-order valence-corrected chi connectivity index (χ0v) is 16.3. The first-order valence-corrected chi connectivity index (χ1v) is 10.0. The van der Waals surface area contributed by atoms with Crippen LogP contribution >= 0.6 is 0 Å². The summed E-state index contributed by atoms with van der Waals surface area (Å²) >= 11 is 0. The van der Waals surface area contributed by atoms with Crippen LogP contribution in [0.3, 0.4) is 0 Å². The number of hydrogen-bond acceptors (Lipinski definition) is 6. The summed E-state index contributed by atoms with van der Waals surface area (Å²) < 4.78 is 5.53. The highest BCUT2D eigenvalue weighted by atomic mass is 16.5. The molecule has 2 aliphatic heterocycles. The Hall–Kier alpha value is -2.03. The predicted octanol–water partition coefficient (Wildman–Crippen LogP) is 1.26. The van der Waals surface area contributed by atoms with Crippen molar-refractivity contribution in [2.24, 2.45) is 11.7 Å². The van der Waals surface area contributed by atoms with Gasteiger partial charge in [-0.25, -0.2) is 4.79 Å².